The van der Waals surface area contributed by atoms with Crippen LogP contribution in [0, 0.1) is 0 Å². The van der Waals surface area contributed by atoms with Gasteiger partial charge in [-0.15, -0.1) is 0 Å². The summed E-state index contributed by atoms with van der Waals surface area (Å²) in [6.45, 7) is 0. The highest BCUT2D eigenvalue weighted by Gasteiger charge is 2.04. The van der Waals surface area contributed by atoms with Crippen LogP contribution in [0.5, 0.6) is 0 Å². The van der Waals surface area contributed by atoms with Crippen molar-refractivity contribution < 1.29 is 24.4 Å². The minimum Gasteiger partial charge on any atom is -0.478 e. The third-order valence-corrected chi connectivity index (χ3v) is 2.10. The van der Waals surface area contributed by atoms with Crippen LogP contribution in [0.4, 0.5) is 0 Å². The van der Waals surface area contributed by atoms with E-state index in [4.69, 9.17) is 10.2 Å². The lowest BCUT2D eigenvalue weighted by Crippen LogP contribution is -2.27. The first-order valence-electron chi connectivity index (χ1n) is 5.32. The van der Waals surface area contributed by atoms with Crippen LogP contribution in [0.15, 0.2) is 49.1 Å². The molecule has 0 unspecified atom stereocenters. The Balaban J connectivity index is 0.000000191. The molecule has 98 valence electrons. The quantitative estimate of drug-likeness (QED) is 0.786. The van der Waals surface area contributed by atoms with Crippen LogP contribution >= 0.6 is 0 Å². The first-order chi connectivity index (χ1) is 9.00. The lowest BCUT2D eigenvalue weighted by molar-refractivity contribution is -0.671. The van der Waals surface area contributed by atoms with Gasteiger partial charge in [0.2, 0.25) is 0 Å². The first-order valence-corrected chi connectivity index (χ1v) is 5.32. The Morgan fingerprint density at radius 3 is 2.11 bits per heavy atom. The predicted octanol–water partition coefficient (Wildman–Crippen LogP) is 0.989. The maximum absolute atomic E-state index is 10.3. The van der Waals surface area contributed by atoms with Crippen molar-refractivity contribution in [2.75, 3.05) is 0 Å². The van der Waals surface area contributed by atoms with E-state index in [9.17, 15) is 9.59 Å². The SMILES string of the molecule is C[n+]1cccc(C(=O)O)c1.O=C(O)c1cccnc1. The van der Waals surface area contributed by atoms with E-state index in [2.05, 4.69) is 4.98 Å². The van der Waals surface area contributed by atoms with Crippen LogP contribution in [0.2, 0.25) is 0 Å². The number of nitrogens with zero attached hydrogens (tertiary/aromatic N) is 2. The minimum atomic E-state index is -0.942. The zero-order valence-corrected chi connectivity index (χ0v) is 10.2. The van der Waals surface area contributed by atoms with Gasteiger partial charge in [-0.1, -0.05) is 0 Å². The number of carbonyl (C=O) groups is 2. The summed E-state index contributed by atoms with van der Waals surface area (Å²) in [5.41, 5.74) is 0.530. The fourth-order valence-electron chi connectivity index (χ4n) is 1.20. The second-order valence-corrected chi connectivity index (χ2v) is 3.61. The predicted molar refractivity (Wildman–Crippen MR) is 65.8 cm³/mol. The maximum atomic E-state index is 10.3. The van der Waals surface area contributed by atoms with Gasteiger partial charge in [0.25, 0.3) is 0 Å². The van der Waals surface area contributed by atoms with Gasteiger partial charge in [0.1, 0.15) is 12.6 Å². The molecule has 2 aromatic heterocycles. The molecule has 0 atom stereocenters. The number of aryl methyl sites for hydroxylation is 1. The van der Waals surface area contributed by atoms with E-state index >= 15 is 0 Å². The van der Waals surface area contributed by atoms with E-state index in [1.165, 1.54) is 18.5 Å². The number of hydrogen-bond acceptors (Lipinski definition) is 3. The van der Waals surface area contributed by atoms with Gasteiger partial charge in [-0.05, 0) is 18.2 Å². The Morgan fingerprint density at radius 2 is 1.74 bits per heavy atom. The molecule has 0 radical (unpaired) electrons. The van der Waals surface area contributed by atoms with Crippen molar-refractivity contribution >= 4 is 11.9 Å². The van der Waals surface area contributed by atoms with Crippen molar-refractivity contribution in [2.45, 2.75) is 0 Å². The number of aromatic carboxylic acids is 2. The van der Waals surface area contributed by atoms with Crippen LogP contribution in [0.3, 0.4) is 0 Å². The lowest BCUT2D eigenvalue weighted by atomic mass is 10.3. The fraction of sp³-hybridized carbons (Fsp3) is 0.0769. The molecular weight excluding hydrogens is 248 g/mol. The molecule has 19 heavy (non-hydrogen) atoms. The highest BCUT2D eigenvalue weighted by molar-refractivity contribution is 5.87. The largest absolute Gasteiger partial charge is 0.478 e. The molecule has 0 bridgehead atoms. The van der Waals surface area contributed by atoms with Gasteiger partial charge in [0.15, 0.2) is 12.4 Å². The number of aromatic nitrogens is 2. The van der Waals surface area contributed by atoms with Gasteiger partial charge in [0, 0.05) is 18.5 Å². The zero-order chi connectivity index (χ0) is 14.3. The number of carboxylic acids is 2. The summed E-state index contributed by atoms with van der Waals surface area (Å²) in [4.78, 5) is 24.1. The second kappa shape index (κ2) is 6.85. The van der Waals surface area contributed by atoms with Gasteiger partial charge in [0.05, 0.1) is 5.56 Å². The summed E-state index contributed by atoms with van der Waals surface area (Å²) < 4.78 is 1.70. The summed E-state index contributed by atoms with van der Waals surface area (Å²) in [5, 5.41) is 16.8. The molecule has 2 N–H and O–H groups in total. The van der Waals surface area contributed by atoms with E-state index in [0.717, 1.165) is 0 Å². The summed E-state index contributed by atoms with van der Waals surface area (Å²) in [5.74, 6) is -1.83. The van der Waals surface area contributed by atoms with Gasteiger partial charge in [-0.2, -0.15) is 0 Å². The third kappa shape index (κ3) is 4.95. The molecule has 2 heterocycles. The van der Waals surface area contributed by atoms with E-state index in [-0.39, 0.29) is 5.56 Å². The van der Waals surface area contributed by atoms with Crippen molar-refractivity contribution in [1.82, 2.24) is 4.98 Å². The number of rotatable bonds is 2. The fourth-order valence-corrected chi connectivity index (χ4v) is 1.20. The topological polar surface area (TPSA) is 91.4 Å². The monoisotopic (exact) mass is 261 g/mol. The summed E-state index contributed by atoms with van der Waals surface area (Å²) in [7, 11) is 1.78. The molecule has 0 aliphatic carbocycles. The van der Waals surface area contributed by atoms with Crippen molar-refractivity contribution in [3.63, 3.8) is 0 Å². The molecule has 0 saturated carbocycles. The molecule has 0 amide bonds. The second-order valence-electron chi connectivity index (χ2n) is 3.61. The Bertz CT molecular complexity index is 570. The van der Waals surface area contributed by atoms with Crippen molar-refractivity contribution in [1.29, 1.82) is 0 Å². The smallest absolute Gasteiger partial charge is 0.341 e. The minimum absolute atomic E-state index is 0.220. The highest BCUT2D eigenvalue weighted by atomic mass is 16.4. The molecule has 0 saturated heterocycles. The molecule has 6 nitrogen and oxygen atoms in total. The Hall–Kier alpha value is -2.76. The molecule has 0 spiro atoms. The van der Waals surface area contributed by atoms with Gasteiger partial charge in [-0.25, -0.2) is 14.2 Å². The molecule has 2 aromatic rings. The van der Waals surface area contributed by atoms with Crippen molar-refractivity contribution in [3.05, 3.63) is 60.2 Å². The Labute approximate surface area is 109 Å². The number of hydrogen-bond donors (Lipinski definition) is 2. The van der Waals surface area contributed by atoms with E-state index < -0.39 is 11.9 Å². The average Bonchev–Trinajstić information content (AvgIpc) is 2.40. The number of carboxylic acid groups (broad SMARTS) is 2. The van der Waals surface area contributed by atoms with Crippen LogP contribution in [-0.4, -0.2) is 27.1 Å². The van der Waals surface area contributed by atoms with Crippen molar-refractivity contribution in [3.8, 4) is 0 Å². The average molecular weight is 261 g/mol. The van der Waals surface area contributed by atoms with Crippen LogP contribution in [-0.2, 0) is 7.05 Å². The van der Waals surface area contributed by atoms with E-state index in [0.29, 0.717) is 5.56 Å². The normalized spacial score (nSPS) is 9.11. The molecule has 6 heteroatoms. The Morgan fingerprint density at radius 1 is 1.11 bits per heavy atom. The van der Waals surface area contributed by atoms with Gasteiger partial charge in [-0.3, -0.25) is 4.98 Å². The molecular formula is C13H13N2O4+. The molecule has 2 rings (SSSR count). The maximum Gasteiger partial charge on any atom is 0.341 e. The van der Waals surface area contributed by atoms with Gasteiger partial charge < -0.3 is 10.2 Å². The lowest BCUT2D eigenvalue weighted by Gasteiger charge is -1.88. The molecule has 0 aliphatic rings. The van der Waals surface area contributed by atoms with E-state index in [1.54, 1.807) is 42.2 Å². The third-order valence-electron chi connectivity index (χ3n) is 2.10. The van der Waals surface area contributed by atoms with Crippen LogP contribution in [0.1, 0.15) is 20.7 Å². The standard InChI is InChI=1S/C7H7NO2.C6H5NO2/c1-8-4-2-3-6(5-8)7(9)10;8-6(9)5-2-1-3-7-4-5/h2-5H,1H3;1-4H,(H,8,9)/p+1. The number of pyridine rings is 2. The first kappa shape index (κ1) is 14.3. The van der Waals surface area contributed by atoms with Crippen molar-refractivity contribution in [2.24, 2.45) is 7.05 Å². The van der Waals surface area contributed by atoms with Crippen LogP contribution in [0.25, 0.3) is 0 Å². The molecule has 0 fully saturated rings. The summed E-state index contributed by atoms with van der Waals surface area (Å²) in [6.07, 6.45) is 6.18. The highest BCUT2D eigenvalue weighted by Crippen LogP contribution is 1.93. The summed E-state index contributed by atoms with van der Waals surface area (Å²) in [6, 6.07) is 6.34. The van der Waals surface area contributed by atoms with Gasteiger partial charge >= 0.3 is 11.9 Å². The summed E-state index contributed by atoms with van der Waals surface area (Å²) >= 11 is 0. The zero-order valence-electron chi connectivity index (χ0n) is 10.2. The molecule has 0 aliphatic heterocycles. The Kier molecular flexibility index (Phi) is 5.16. The molecule has 0 aromatic carbocycles. The van der Waals surface area contributed by atoms with Crippen LogP contribution < -0.4 is 4.57 Å². The van der Waals surface area contributed by atoms with E-state index in [1.807, 2.05) is 0 Å².